The van der Waals surface area contributed by atoms with E-state index in [0.29, 0.717) is 0 Å². The lowest BCUT2D eigenvalue weighted by Crippen LogP contribution is -2.44. The summed E-state index contributed by atoms with van der Waals surface area (Å²) in [6.45, 7) is 3.35. The van der Waals surface area contributed by atoms with E-state index in [1.165, 1.54) is 11.8 Å². The van der Waals surface area contributed by atoms with Crippen molar-refractivity contribution in [3.63, 3.8) is 0 Å². The summed E-state index contributed by atoms with van der Waals surface area (Å²) in [4.78, 5) is 23.4. The third-order valence-electron chi connectivity index (χ3n) is 2.35. The summed E-state index contributed by atoms with van der Waals surface area (Å²) in [6.07, 6.45) is 0.248. The first-order valence-corrected chi connectivity index (χ1v) is 5.00. The zero-order valence-electron chi connectivity index (χ0n) is 9.73. The molecule has 0 fully saturated rings. The number of nitrogens with one attached hydrogen (secondary N) is 1. The number of amides is 2. The maximum absolute atomic E-state index is 11.5. The van der Waals surface area contributed by atoms with Gasteiger partial charge in [-0.1, -0.05) is 6.92 Å². The summed E-state index contributed by atoms with van der Waals surface area (Å²) < 4.78 is 0. The van der Waals surface area contributed by atoms with Crippen molar-refractivity contribution in [2.24, 2.45) is 5.92 Å². The van der Waals surface area contributed by atoms with Crippen molar-refractivity contribution >= 4 is 12.0 Å². The Morgan fingerprint density at radius 3 is 2.50 bits per heavy atom. The van der Waals surface area contributed by atoms with Crippen LogP contribution in [0.4, 0.5) is 4.79 Å². The van der Waals surface area contributed by atoms with Crippen molar-refractivity contribution in [3.05, 3.63) is 0 Å². The van der Waals surface area contributed by atoms with Gasteiger partial charge in [0.15, 0.2) is 0 Å². The van der Waals surface area contributed by atoms with Crippen LogP contribution in [0.3, 0.4) is 0 Å². The van der Waals surface area contributed by atoms with Gasteiger partial charge in [-0.3, -0.25) is 4.79 Å². The smallest absolute Gasteiger partial charge is 0.317 e. The fourth-order valence-electron chi connectivity index (χ4n) is 0.922. The van der Waals surface area contributed by atoms with Gasteiger partial charge >= 0.3 is 12.0 Å². The standard InChI is InChI=1S/C10H17N3O3/c1-7(9(14)15)6-12-10(16)13(3)8(2)4-5-11/h7-8H,4,6H2,1-3H3,(H,12,16)(H,14,15). The van der Waals surface area contributed by atoms with Crippen LogP contribution in [0, 0.1) is 17.2 Å². The summed E-state index contributed by atoms with van der Waals surface area (Å²) in [5.74, 6) is -1.57. The number of hydrogen-bond donors (Lipinski definition) is 2. The molecule has 0 aromatic heterocycles. The lowest BCUT2D eigenvalue weighted by atomic mass is 10.2. The average Bonchev–Trinajstić information content (AvgIpc) is 2.24. The highest BCUT2D eigenvalue weighted by Crippen LogP contribution is 2.00. The van der Waals surface area contributed by atoms with E-state index < -0.39 is 11.9 Å². The molecule has 0 bridgehead atoms. The molecule has 0 aliphatic rings. The zero-order chi connectivity index (χ0) is 12.7. The second kappa shape index (κ2) is 6.67. The Labute approximate surface area is 94.8 Å². The van der Waals surface area contributed by atoms with Gasteiger partial charge in [0, 0.05) is 19.6 Å². The maximum Gasteiger partial charge on any atom is 0.317 e. The molecule has 0 aliphatic carbocycles. The zero-order valence-corrected chi connectivity index (χ0v) is 9.73. The van der Waals surface area contributed by atoms with Crippen LogP contribution in [0.2, 0.25) is 0 Å². The molecule has 0 heterocycles. The molecule has 2 atom stereocenters. The summed E-state index contributed by atoms with van der Waals surface area (Å²) in [5, 5.41) is 19.6. The molecule has 0 aliphatic heterocycles. The van der Waals surface area contributed by atoms with Crippen molar-refractivity contribution in [2.75, 3.05) is 13.6 Å². The number of nitrogens with zero attached hydrogens (tertiary/aromatic N) is 2. The lowest BCUT2D eigenvalue weighted by molar-refractivity contribution is -0.140. The largest absolute Gasteiger partial charge is 0.481 e. The molecule has 6 nitrogen and oxygen atoms in total. The Morgan fingerprint density at radius 2 is 2.06 bits per heavy atom. The number of nitriles is 1. The quantitative estimate of drug-likeness (QED) is 0.721. The Hall–Kier alpha value is -1.77. The molecular weight excluding hydrogens is 210 g/mol. The molecule has 0 aromatic rings. The van der Waals surface area contributed by atoms with Gasteiger partial charge < -0.3 is 15.3 Å². The minimum absolute atomic E-state index is 0.0811. The molecule has 0 spiro atoms. The normalized spacial score (nSPS) is 13.4. The first kappa shape index (κ1) is 14.2. The van der Waals surface area contributed by atoms with E-state index in [2.05, 4.69) is 5.32 Å². The molecule has 6 heteroatoms. The predicted octanol–water partition coefficient (Wildman–Crippen LogP) is 0.651. The van der Waals surface area contributed by atoms with Crippen molar-refractivity contribution in [2.45, 2.75) is 26.3 Å². The van der Waals surface area contributed by atoms with Gasteiger partial charge in [0.05, 0.1) is 18.4 Å². The Bertz CT molecular complexity index is 298. The number of urea groups is 1. The predicted molar refractivity (Wildman–Crippen MR) is 57.7 cm³/mol. The number of hydrogen-bond acceptors (Lipinski definition) is 3. The highest BCUT2D eigenvalue weighted by Gasteiger charge is 2.17. The number of carbonyl (C=O) groups is 2. The number of rotatable bonds is 5. The van der Waals surface area contributed by atoms with E-state index >= 15 is 0 Å². The molecule has 0 radical (unpaired) electrons. The Morgan fingerprint density at radius 1 is 1.50 bits per heavy atom. The van der Waals surface area contributed by atoms with Gasteiger partial charge in [0.1, 0.15) is 0 Å². The highest BCUT2D eigenvalue weighted by atomic mass is 16.4. The van der Waals surface area contributed by atoms with Crippen LogP contribution < -0.4 is 5.32 Å². The fourth-order valence-corrected chi connectivity index (χ4v) is 0.922. The topological polar surface area (TPSA) is 93.4 Å². The van der Waals surface area contributed by atoms with E-state index in [0.717, 1.165) is 0 Å². The number of carboxylic acids is 1. The minimum atomic E-state index is -0.951. The van der Waals surface area contributed by atoms with Crippen LogP contribution in [-0.2, 0) is 4.79 Å². The molecule has 2 unspecified atom stereocenters. The molecule has 0 saturated heterocycles. The average molecular weight is 227 g/mol. The van der Waals surface area contributed by atoms with Crippen molar-refractivity contribution in [1.82, 2.24) is 10.2 Å². The fraction of sp³-hybridized carbons (Fsp3) is 0.700. The molecule has 16 heavy (non-hydrogen) atoms. The van der Waals surface area contributed by atoms with Crippen molar-refractivity contribution in [3.8, 4) is 6.07 Å². The second-order valence-electron chi connectivity index (χ2n) is 3.75. The van der Waals surface area contributed by atoms with Gasteiger partial charge in [-0.25, -0.2) is 4.79 Å². The Balaban J connectivity index is 4.07. The maximum atomic E-state index is 11.5. The van der Waals surface area contributed by atoms with E-state index in [4.69, 9.17) is 10.4 Å². The molecule has 2 amide bonds. The van der Waals surface area contributed by atoms with E-state index in [1.54, 1.807) is 14.0 Å². The van der Waals surface area contributed by atoms with Crippen LogP contribution >= 0.6 is 0 Å². The molecule has 90 valence electrons. The molecular formula is C10H17N3O3. The molecule has 2 N–H and O–H groups in total. The number of carbonyl (C=O) groups excluding carboxylic acids is 1. The SMILES string of the molecule is CC(CNC(=O)N(C)C(C)CC#N)C(=O)O. The monoisotopic (exact) mass is 227 g/mol. The third kappa shape index (κ3) is 4.64. The minimum Gasteiger partial charge on any atom is -0.481 e. The van der Waals surface area contributed by atoms with Crippen LogP contribution in [0.15, 0.2) is 0 Å². The van der Waals surface area contributed by atoms with Crippen LogP contribution in [0.1, 0.15) is 20.3 Å². The Kier molecular flexibility index (Phi) is 5.93. The summed E-state index contributed by atoms with van der Waals surface area (Å²) in [7, 11) is 1.57. The first-order chi connectivity index (χ1) is 7.40. The van der Waals surface area contributed by atoms with E-state index in [1.807, 2.05) is 6.07 Å². The lowest BCUT2D eigenvalue weighted by Gasteiger charge is -2.23. The number of aliphatic carboxylic acids is 1. The van der Waals surface area contributed by atoms with Crippen molar-refractivity contribution in [1.29, 1.82) is 5.26 Å². The van der Waals surface area contributed by atoms with Gasteiger partial charge in [0.2, 0.25) is 0 Å². The van der Waals surface area contributed by atoms with Crippen LogP contribution in [-0.4, -0.2) is 41.6 Å². The van der Waals surface area contributed by atoms with E-state index in [-0.39, 0.29) is 25.0 Å². The second-order valence-corrected chi connectivity index (χ2v) is 3.75. The van der Waals surface area contributed by atoms with Gasteiger partial charge in [-0.15, -0.1) is 0 Å². The third-order valence-corrected chi connectivity index (χ3v) is 2.35. The first-order valence-electron chi connectivity index (χ1n) is 5.00. The highest BCUT2D eigenvalue weighted by molar-refractivity contribution is 5.75. The summed E-state index contributed by atoms with van der Waals surface area (Å²) in [6, 6.07) is 1.42. The van der Waals surface area contributed by atoms with Gasteiger partial charge in [0.25, 0.3) is 0 Å². The van der Waals surface area contributed by atoms with Crippen molar-refractivity contribution < 1.29 is 14.7 Å². The van der Waals surface area contributed by atoms with Gasteiger partial charge in [-0.05, 0) is 6.92 Å². The molecule has 0 saturated carbocycles. The summed E-state index contributed by atoms with van der Waals surface area (Å²) >= 11 is 0. The van der Waals surface area contributed by atoms with Crippen LogP contribution in [0.5, 0.6) is 0 Å². The summed E-state index contributed by atoms with van der Waals surface area (Å²) in [5.41, 5.74) is 0. The van der Waals surface area contributed by atoms with Crippen LogP contribution in [0.25, 0.3) is 0 Å². The van der Waals surface area contributed by atoms with Gasteiger partial charge in [-0.2, -0.15) is 5.26 Å². The molecule has 0 rings (SSSR count). The van der Waals surface area contributed by atoms with E-state index in [9.17, 15) is 9.59 Å². The number of carboxylic acid groups (broad SMARTS) is 1. The molecule has 0 aromatic carbocycles.